The Morgan fingerprint density at radius 1 is 1.33 bits per heavy atom. The molecular weight excluding hydrogens is 230 g/mol. The smallest absolute Gasteiger partial charge is 0.242 e. The molecule has 2 amide bonds. The molecule has 1 aliphatic heterocycles. The first-order valence-electron chi connectivity index (χ1n) is 6.63. The zero-order valence-electron chi connectivity index (χ0n) is 11.8. The molecule has 104 valence electrons. The van der Waals surface area contributed by atoms with Crippen LogP contribution in [0.15, 0.2) is 0 Å². The Morgan fingerprint density at radius 2 is 2.00 bits per heavy atom. The van der Waals surface area contributed by atoms with Gasteiger partial charge < -0.3 is 16.0 Å². The Hall–Kier alpha value is -1.10. The highest BCUT2D eigenvalue weighted by molar-refractivity contribution is 5.89. The van der Waals surface area contributed by atoms with E-state index in [9.17, 15) is 9.59 Å². The van der Waals surface area contributed by atoms with Gasteiger partial charge in [-0.15, -0.1) is 0 Å². The van der Waals surface area contributed by atoms with E-state index in [0.29, 0.717) is 0 Å². The van der Waals surface area contributed by atoms with Crippen LogP contribution in [0.1, 0.15) is 40.5 Å². The lowest BCUT2D eigenvalue weighted by Gasteiger charge is -2.26. The molecule has 3 N–H and O–H groups in total. The Kier molecular flexibility index (Phi) is 5.14. The average molecular weight is 255 g/mol. The zero-order chi connectivity index (χ0) is 13.8. The van der Waals surface area contributed by atoms with E-state index >= 15 is 0 Å². The minimum absolute atomic E-state index is 0.105. The normalized spacial score (nSPS) is 22.1. The van der Waals surface area contributed by atoms with Crippen LogP contribution in [0.3, 0.4) is 0 Å². The summed E-state index contributed by atoms with van der Waals surface area (Å²) in [5, 5.41) is 8.94. The van der Waals surface area contributed by atoms with Crippen LogP contribution in [-0.2, 0) is 9.59 Å². The minimum Gasteiger partial charge on any atom is -0.350 e. The van der Waals surface area contributed by atoms with Gasteiger partial charge in [0.1, 0.15) is 6.04 Å². The van der Waals surface area contributed by atoms with Gasteiger partial charge in [0.05, 0.1) is 0 Å². The van der Waals surface area contributed by atoms with Crippen LogP contribution in [-0.4, -0.2) is 37.0 Å². The molecular formula is C13H25N3O2. The molecule has 0 radical (unpaired) electrons. The fraction of sp³-hybridized carbons (Fsp3) is 0.846. The van der Waals surface area contributed by atoms with Crippen molar-refractivity contribution in [3.63, 3.8) is 0 Å². The van der Waals surface area contributed by atoms with Crippen molar-refractivity contribution in [2.24, 2.45) is 5.41 Å². The van der Waals surface area contributed by atoms with Gasteiger partial charge in [-0.3, -0.25) is 9.59 Å². The van der Waals surface area contributed by atoms with Gasteiger partial charge in [0, 0.05) is 18.0 Å². The second kappa shape index (κ2) is 6.18. The summed E-state index contributed by atoms with van der Waals surface area (Å²) in [4.78, 5) is 23.7. The molecule has 1 saturated heterocycles. The molecule has 1 unspecified atom stereocenters. The van der Waals surface area contributed by atoms with Crippen molar-refractivity contribution >= 4 is 11.8 Å². The summed E-state index contributed by atoms with van der Waals surface area (Å²) in [5.41, 5.74) is -0.471. The van der Waals surface area contributed by atoms with Crippen LogP contribution >= 0.6 is 0 Å². The van der Waals surface area contributed by atoms with Crippen molar-refractivity contribution in [3.05, 3.63) is 0 Å². The molecule has 1 fully saturated rings. The van der Waals surface area contributed by atoms with Crippen LogP contribution in [0.25, 0.3) is 0 Å². The fourth-order valence-corrected chi connectivity index (χ4v) is 1.78. The summed E-state index contributed by atoms with van der Waals surface area (Å²) < 4.78 is 0. The lowest BCUT2D eigenvalue weighted by Crippen LogP contribution is -2.53. The summed E-state index contributed by atoms with van der Waals surface area (Å²) in [6.45, 7) is 9.04. The number of piperidine rings is 1. The lowest BCUT2D eigenvalue weighted by atomic mass is 9.95. The fourth-order valence-electron chi connectivity index (χ4n) is 1.78. The largest absolute Gasteiger partial charge is 0.350 e. The second-order valence-corrected chi connectivity index (χ2v) is 6.00. The summed E-state index contributed by atoms with van der Waals surface area (Å²) in [6.07, 6.45) is 2.08. The van der Waals surface area contributed by atoms with Crippen molar-refractivity contribution in [2.75, 3.05) is 13.1 Å². The van der Waals surface area contributed by atoms with E-state index in [2.05, 4.69) is 16.0 Å². The number of hydrogen-bond acceptors (Lipinski definition) is 3. The number of rotatable bonds is 3. The molecule has 5 nitrogen and oxygen atoms in total. The van der Waals surface area contributed by atoms with Crippen LogP contribution in [0, 0.1) is 5.41 Å². The molecule has 1 aliphatic rings. The van der Waals surface area contributed by atoms with Crippen LogP contribution in [0.2, 0.25) is 0 Å². The van der Waals surface area contributed by atoms with Gasteiger partial charge in [0.2, 0.25) is 11.8 Å². The molecule has 0 spiro atoms. The topological polar surface area (TPSA) is 70.2 Å². The van der Waals surface area contributed by atoms with Crippen LogP contribution in [0.4, 0.5) is 0 Å². The van der Waals surface area contributed by atoms with Crippen LogP contribution in [0.5, 0.6) is 0 Å². The first-order chi connectivity index (χ1) is 8.30. The third-order valence-electron chi connectivity index (χ3n) is 3.07. The highest BCUT2D eigenvalue weighted by Gasteiger charge is 2.26. The highest BCUT2D eigenvalue weighted by atomic mass is 16.2. The van der Waals surface area contributed by atoms with Gasteiger partial charge in [0.15, 0.2) is 0 Å². The molecule has 18 heavy (non-hydrogen) atoms. The molecule has 0 aromatic rings. The van der Waals surface area contributed by atoms with Gasteiger partial charge in [-0.05, 0) is 26.3 Å². The molecule has 1 heterocycles. The minimum atomic E-state index is -0.487. The molecule has 5 heteroatoms. The molecule has 2 atom stereocenters. The molecule has 0 bridgehead atoms. The van der Waals surface area contributed by atoms with E-state index in [1.54, 1.807) is 6.92 Å². The number of nitrogens with one attached hydrogen (secondary N) is 3. The van der Waals surface area contributed by atoms with E-state index in [-0.39, 0.29) is 17.9 Å². The van der Waals surface area contributed by atoms with Crippen molar-refractivity contribution in [3.8, 4) is 0 Å². The van der Waals surface area contributed by atoms with E-state index in [4.69, 9.17) is 0 Å². The average Bonchev–Trinajstić information content (AvgIpc) is 2.28. The highest BCUT2D eigenvalue weighted by Crippen LogP contribution is 2.12. The summed E-state index contributed by atoms with van der Waals surface area (Å²) in [5.74, 6) is -0.215. The molecule has 0 aliphatic carbocycles. The van der Waals surface area contributed by atoms with Gasteiger partial charge in [-0.1, -0.05) is 20.8 Å². The molecule has 0 saturated carbocycles. The van der Waals surface area contributed by atoms with E-state index < -0.39 is 11.5 Å². The zero-order valence-corrected chi connectivity index (χ0v) is 11.8. The number of hydrogen-bond donors (Lipinski definition) is 3. The first kappa shape index (κ1) is 15.0. The molecule has 1 rings (SSSR count). The Balaban J connectivity index is 2.39. The SMILES string of the molecule is CC(NC(=O)C(C)(C)C)C(=O)N[C@H]1CCCNC1. The molecule has 0 aromatic carbocycles. The number of carbonyl (C=O) groups excluding carboxylic acids is 2. The Morgan fingerprint density at radius 3 is 2.50 bits per heavy atom. The predicted octanol–water partition coefficient (Wildman–Crippen LogP) is 0.405. The van der Waals surface area contributed by atoms with E-state index in [1.807, 2.05) is 20.8 Å². The second-order valence-electron chi connectivity index (χ2n) is 6.00. The van der Waals surface area contributed by atoms with Gasteiger partial charge in [0.25, 0.3) is 0 Å². The Labute approximate surface area is 109 Å². The third-order valence-corrected chi connectivity index (χ3v) is 3.07. The van der Waals surface area contributed by atoms with Crippen molar-refractivity contribution in [2.45, 2.75) is 52.6 Å². The van der Waals surface area contributed by atoms with Crippen molar-refractivity contribution < 1.29 is 9.59 Å². The molecule has 0 aromatic heterocycles. The monoisotopic (exact) mass is 255 g/mol. The summed E-state index contributed by atoms with van der Waals surface area (Å²) in [7, 11) is 0. The standard InChI is InChI=1S/C13H25N3O2/c1-9(15-12(18)13(2,3)4)11(17)16-10-6-5-7-14-8-10/h9-10,14H,5-8H2,1-4H3,(H,15,18)(H,16,17)/t9?,10-/m0/s1. The first-order valence-corrected chi connectivity index (χ1v) is 6.63. The predicted molar refractivity (Wildman–Crippen MR) is 71.1 cm³/mol. The maximum atomic E-state index is 11.9. The quantitative estimate of drug-likeness (QED) is 0.684. The van der Waals surface area contributed by atoms with Crippen LogP contribution < -0.4 is 16.0 Å². The maximum absolute atomic E-state index is 11.9. The van der Waals surface area contributed by atoms with E-state index in [1.165, 1.54) is 0 Å². The maximum Gasteiger partial charge on any atom is 0.242 e. The van der Waals surface area contributed by atoms with Gasteiger partial charge in [-0.25, -0.2) is 0 Å². The van der Waals surface area contributed by atoms with Gasteiger partial charge >= 0.3 is 0 Å². The van der Waals surface area contributed by atoms with E-state index in [0.717, 1.165) is 25.9 Å². The number of amides is 2. The van der Waals surface area contributed by atoms with Crippen molar-refractivity contribution in [1.29, 1.82) is 0 Å². The Bertz CT molecular complexity index is 304. The summed E-state index contributed by atoms with van der Waals surface area (Å²) in [6, 6.07) is -0.307. The lowest BCUT2D eigenvalue weighted by molar-refractivity contribution is -0.133. The van der Waals surface area contributed by atoms with Gasteiger partial charge in [-0.2, -0.15) is 0 Å². The summed E-state index contributed by atoms with van der Waals surface area (Å²) >= 11 is 0. The van der Waals surface area contributed by atoms with Crippen molar-refractivity contribution in [1.82, 2.24) is 16.0 Å². The third kappa shape index (κ3) is 4.64. The number of carbonyl (C=O) groups is 2.